The lowest BCUT2D eigenvalue weighted by molar-refractivity contribution is 0.102. The molecule has 0 aliphatic carbocycles. The van der Waals surface area contributed by atoms with Crippen LogP contribution < -0.4 is 11.1 Å². The van der Waals surface area contributed by atoms with Gasteiger partial charge in [-0.3, -0.25) is 10.1 Å². The van der Waals surface area contributed by atoms with Crippen molar-refractivity contribution in [3.05, 3.63) is 59.2 Å². The monoisotopic (exact) mass is 308 g/mol. The molecule has 0 spiro atoms. The second-order valence-corrected chi connectivity index (χ2v) is 5.90. The number of rotatable bonds is 4. The molecule has 0 radical (unpaired) electrons. The largest absolute Gasteiger partial charge is 0.328 e. The summed E-state index contributed by atoms with van der Waals surface area (Å²) in [4.78, 5) is 19.9. The smallest absolute Gasteiger partial charge is 0.257 e. The minimum Gasteiger partial charge on any atom is -0.328 e. The Balaban J connectivity index is 1.86. The SMILES string of the molecule is Cc1ccc(C(=O)Nc2nc3c(CC(C)N)cccc3[nH]2)cc1. The number of para-hydroxylation sites is 1. The van der Waals surface area contributed by atoms with Gasteiger partial charge in [-0.1, -0.05) is 29.8 Å². The molecule has 5 nitrogen and oxygen atoms in total. The highest BCUT2D eigenvalue weighted by atomic mass is 16.1. The van der Waals surface area contributed by atoms with Crippen molar-refractivity contribution in [2.24, 2.45) is 5.73 Å². The summed E-state index contributed by atoms with van der Waals surface area (Å²) < 4.78 is 0. The molecular formula is C18H20N4O. The van der Waals surface area contributed by atoms with Gasteiger partial charge in [0.2, 0.25) is 5.95 Å². The summed E-state index contributed by atoms with van der Waals surface area (Å²) in [6, 6.07) is 13.4. The summed E-state index contributed by atoms with van der Waals surface area (Å²) in [5.74, 6) is 0.264. The number of imidazole rings is 1. The maximum absolute atomic E-state index is 12.3. The summed E-state index contributed by atoms with van der Waals surface area (Å²) in [7, 11) is 0. The van der Waals surface area contributed by atoms with Crippen LogP contribution in [0.4, 0.5) is 5.95 Å². The van der Waals surface area contributed by atoms with Crippen molar-refractivity contribution in [3.8, 4) is 0 Å². The van der Waals surface area contributed by atoms with Crippen LogP contribution in [0.3, 0.4) is 0 Å². The standard InChI is InChI=1S/C18H20N4O/c1-11-6-8-13(9-7-11)17(23)22-18-20-15-5-3-4-14(10-12(2)19)16(15)21-18/h3-9,12H,10,19H2,1-2H3,(H2,20,21,22,23). The van der Waals surface area contributed by atoms with Gasteiger partial charge in [0.15, 0.2) is 0 Å². The Hall–Kier alpha value is -2.66. The summed E-state index contributed by atoms with van der Waals surface area (Å²) >= 11 is 0. The third-order valence-corrected chi connectivity index (χ3v) is 3.68. The lowest BCUT2D eigenvalue weighted by Gasteiger charge is -2.05. The van der Waals surface area contributed by atoms with Gasteiger partial charge in [0, 0.05) is 11.6 Å². The first-order chi connectivity index (χ1) is 11.0. The average molecular weight is 308 g/mol. The fraction of sp³-hybridized carbons (Fsp3) is 0.222. The molecule has 1 heterocycles. The lowest BCUT2D eigenvalue weighted by Crippen LogP contribution is -2.17. The van der Waals surface area contributed by atoms with Crippen molar-refractivity contribution in [3.63, 3.8) is 0 Å². The van der Waals surface area contributed by atoms with Crippen LogP contribution in [0.2, 0.25) is 0 Å². The minimum absolute atomic E-state index is 0.0582. The number of aryl methyl sites for hydroxylation is 1. The van der Waals surface area contributed by atoms with E-state index in [9.17, 15) is 4.79 Å². The number of hydrogen-bond acceptors (Lipinski definition) is 3. The second kappa shape index (κ2) is 6.22. The van der Waals surface area contributed by atoms with E-state index in [2.05, 4.69) is 15.3 Å². The van der Waals surface area contributed by atoms with E-state index in [0.29, 0.717) is 11.5 Å². The van der Waals surface area contributed by atoms with Crippen LogP contribution in [0.15, 0.2) is 42.5 Å². The molecule has 23 heavy (non-hydrogen) atoms. The first-order valence-electron chi connectivity index (χ1n) is 7.64. The summed E-state index contributed by atoms with van der Waals surface area (Å²) in [6.45, 7) is 3.95. The summed E-state index contributed by atoms with van der Waals surface area (Å²) in [5, 5.41) is 2.81. The van der Waals surface area contributed by atoms with Gasteiger partial charge in [-0.25, -0.2) is 4.98 Å². The van der Waals surface area contributed by atoms with Gasteiger partial charge >= 0.3 is 0 Å². The number of carbonyl (C=O) groups excluding carboxylic acids is 1. The van der Waals surface area contributed by atoms with Crippen molar-refractivity contribution in [1.29, 1.82) is 0 Å². The Labute approximate surface area is 134 Å². The number of benzene rings is 2. The molecule has 3 aromatic rings. The van der Waals surface area contributed by atoms with Gasteiger partial charge in [0.25, 0.3) is 5.91 Å². The molecule has 1 amide bonds. The van der Waals surface area contributed by atoms with E-state index in [1.165, 1.54) is 0 Å². The molecule has 0 aliphatic rings. The van der Waals surface area contributed by atoms with E-state index in [1.54, 1.807) is 12.1 Å². The molecule has 1 aromatic heterocycles. The zero-order valence-corrected chi connectivity index (χ0v) is 13.3. The number of nitrogens with two attached hydrogens (primary N) is 1. The highest BCUT2D eigenvalue weighted by Crippen LogP contribution is 2.20. The number of nitrogens with one attached hydrogen (secondary N) is 2. The maximum atomic E-state index is 12.3. The van der Waals surface area contributed by atoms with Crippen LogP contribution in [-0.4, -0.2) is 21.9 Å². The lowest BCUT2D eigenvalue weighted by atomic mass is 10.1. The van der Waals surface area contributed by atoms with E-state index in [4.69, 9.17) is 5.73 Å². The maximum Gasteiger partial charge on any atom is 0.257 e. The summed E-state index contributed by atoms with van der Waals surface area (Å²) in [6.07, 6.45) is 0.744. The van der Waals surface area contributed by atoms with E-state index in [0.717, 1.165) is 28.6 Å². The molecule has 3 rings (SSSR count). The number of nitrogens with zero attached hydrogens (tertiary/aromatic N) is 1. The fourth-order valence-electron chi connectivity index (χ4n) is 2.55. The number of amides is 1. The third-order valence-electron chi connectivity index (χ3n) is 3.68. The normalized spacial score (nSPS) is 12.3. The van der Waals surface area contributed by atoms with Gasteiger partial charge in [0.1, 0.15) is 0 Å². The van der Waals surface area contributed by atoms with Crippen LogP contribution in [0.1, 0.15) is 28.4 Å². The quantitative estimate of drug-likeness (QED) is 0.692. The Morgan fingerprint density at radius 1 is 1.26 bits per heavy atom. The van der Waals surface area contributed by atoms with Crippen molar-refractivity contribution >= 4 is 22.9 Å². The van der Waals surface area contributed by atoms with E-state index in [1.807, 2.05) is 44.2 Å². The summed E-state index contributed by atoms with van der Waals surface area (Å²) in [5.41, 5.74) is 10.4. The highest BCUT2D eigenvalue weighted by molar-refractivity contribution is 6.04. The number of aromatic nitrogens is 2. The molecule has 118 valence electrons. The molecule has 2 aromatic carbocycles. The zero-order chi connectivity index (χ0) is 16.4. The Kier molecular flexibility index (Phi) is 4.12. The van der Waals surface area contributed by atoms with Crippen LogP contribution >= 0.6 is 0 Å². The number of carbonyl (C=O) groups is 1. The van der Waals surface area contributed by atoms with Gasteiger partial charge in [-0.05, 0) is 44.0 Å². The number of hydrogen-bond donors (Lipinski definition) is 3. The average Bonchev–Trinajstić information content (AvgIpc) is 2.91. The predicted molar refractivity (Wildman–Crippen MR) is 92.6 cm³/mol. The number of fused-ring (bicyclic) bond motifs is 1. The predicted octanol–water partition coefficient (Wildman–Crippen LogP) is 3.01. The first kappa shape index (κ1) is 15.2. The fourth-order valence-corrected chi connectivity index (χ4v) is 2.55. The second-order valence-electron chi connectivity index (χ2n) is 5.90. The van der Waals surface area contributed by atoms with E-state index in [-0.39, 0.29) is 11.9 Å². The Morgan fingerprint density at radius 2 is 2.00 bits per heavy atom. The Bertz CT molecular complexity index is 834. The molecule has 4 N–H and O–H groups in total. The number of H-pyrrole nitrogens is 1. The molecule has 0 aliphatic heterocycles. The van der Waals surface area contributed by atoms with Crippen molar-refractivity contribution < 1.29 is 4.79 Å². The van der Waals surface area contributed by atoms with Gasteiger partial charge in [0.05, 0.1) is 11.0 Å². The van der Waals surface area contributed by atoms with Crippen LogP contribution in [0.5, 0.6) is 0 Å². The van der Waals surface area contributed by atoms with Crippen molar-refractivity contribution in [1.82, 2.24) is 9.97 Å². The molecule has 0 saturated carbocycles. The third kappa shape index (κ3) is 3.40. The van der Waals surface area contributed by atoms with Gasteiger partial charge in [-0.2, -0.15) is 0 Å². The topological polar surface area (TPSA) is 83.8 Å². The Morgan fingerprint density at radius 3 is 2.70 bits per heavy atom. The van der Waals surface area contributed by atoms with E-state index >= 15 is 0 Å². The van der Waals surface area contributed by atoms with Crippen LogP contribution in [0.25, 0.3) is 11.0 Å². The van der Waals surface area contributed by atoms with Crippen LogP contribution in [0, 0.1) is 6.92 Å². The first-order valence-corrected chi connectivity index (χ1v) is 7.64. The van der Waals surface area contributed by atoms with Crippen LogP contribution in [-0.2, 0) is 6.42 Å². The molecular weight excluding hydrogens is 288 g/mol. The number of aromatic amines is 1. The zero-order valence-electron chi connectivity index (χ0n) is 13.3. The van der Waals surface area contributed by atoms with Gasteiger partial charge in [-0.15, -0.1) is 0 Å². The molecule has 1 atom stereocenters. The van der Waals surface area contributed by atoms with Crippen molar-refractivity contribution in [2.45, 2.75) is 26.3 Å². The molecule has 0 bridgehead atoms. The number of anilines is 1. The minimum atomic E-state index is -0.183. The highest BCUT2D eigenvalue weighted by Gasteiger charge is 2.12. The van der Waals surface area contributed by atoms with E-state index < -0.39 is 0 Å². The molecule has 5 heteroatoms. The van der Waals surface area contributed by atoms with Crippen molar-refractivity contribution in [2.75, 3.05) is 5.32 Å². The molecule has 1 unspecified atom stereocenters. The van der Waals surface area contributed by atoms with Gasteiger partial charge < -0.3 is 10.7 Å². The molecule has 0 fully saturated rings. The molecule has 0 saturated heterocycles.